The average molecular weight is 266 g/mol. The lowest BCUT2D eigenvalue weighted by atomic mass is 10.00. The van der Waals surface area contributed by atoms with E-state index in [4.69, 9.17) is 0 Å². The Morgan fingerprint density at radius 2 is 1.45 bits per heavy atom. The second-order valence-corrected chi connectivity index (χ2v) is 5.20. The van der Waals surface area contributed by atoms with E-state index in [2.05, 4.69) is 19.1 Å². The largest absolute Gasteiger partial charge is 0.289 e. The van der Waals surface area contributed by atoms with Gasteiger partial charge in [0.15, 0.2) is 5.78 Å². The molecule has 20 heavy (non-hydrogen) atoms. The highest BCUT2D eigenvalue weighted by Gasteiger charge is 2.07. The van der Waals surface area contributed by atoms with Crippen molar-refractivity contribution in [2.24, 2.45) is 0 Å². The summed E-state index contributed by atoms with van der Waals surface area (Å²) in [5.41, 5.74) is 2.85. The van der Waals surface area contributed by atoms with Crippen LogP contribution in [0.25, 0.3) is 0 Å². The predicted molar refractivity (Wildman–Crippen MR) is 84.2 cm³/mol. The van der Waals surface area contributed by atoms with Crippen LogP contribution in [0.1, 0.15) is 54.1 Å². The molecule has 0 N–H and O–H groups in total. The van der Waals surface area contributed by atoms with Crippen LogP contribution in [0.5, 0.6) is 0 Å². The maximum Gasteiger partial charge on any atom is 0.193 e. The molecule has 1 nitrogen and oxygen atoms in total. The van der Waals surface area contributed by atoms with Crippen LogP contribution in [0.3, 0.4) is 0 Å². The zero-order chi connectivity index (χ0) is 14.2. The van der Waals surface area contributed by atoms with Gasteiger partial charge in [-0.2, -0.15) is 0 Å². The van der Waals surface area contributed by atoms with Crippen LogP contribution in [-0.2, 0) is 6.42 Å². The van der Waals surface area contributed by atoms with Gasteiger partial charge in [-0.3, -0.25) is 4.79 Å². The summed E-state index contributed by atoms with van der Waals surface area (Å²) in [7, 11) is 0. The van der Waals surface area contributed by atoms with Crippen molar-refractivity contribution in [3.63, 3.8) is 0 Å². The van der Waals surface area contributed by atoms with Crippen molar-refractivity contribution >= 4 is 5.78 Å². The molecule has 0 unspecified atom stereocenters. The summed E-state index contributed by atoms with van der Waals surface area (Å²) in [6.07, 6.45) is 6.22. The summed E-state index contributed by atoms with van der Waals surface area (Å²) in [5, 5.41) is 0. The minimum Gasteiger partial charge on any atom is -0.289 e. The molecule has 0 aliphatic rings. The minimum atomic E-state index is 0.100. The monoisotopic (exact) mass is 266 g/mol. The fourth-order valence-corrected chi connectivity index (χ4v) is 2.33. The molecule has 2 aromatic carbocycles. The molecule has 2 rings (SSSR count). The van der Waals surface area contributed by atoms with Crippen molar-refractivity contribution in [1.29, 1.82) is 0 Å². The third kappa shape index (κ3) is 4.06. The van der Waals surface area contributed by atoms with E-state index < -0.39 is 0 Å². The van der Waals surface area contributed by atoms with Crippen LogP contribution in [0, 0.1) is 0 Å². The first-order chi connectivity index (χ1) is 9.81. The van der Waals surface area contributed by atoms with Crippen LogP contribution < -0.4 is 0 Å². The minimum absolute atomic E-state index is 0.100. The first-order valence-corrected chi connectivity index (χ1v) is 7.50. The van der Waals surface area contributed by atoms with Crippen LogP contribution in [-0.4, -0.2) is 5.78 Å². The van der Waals surface area contributed by atoms with E-state index in [9.17, 15) is 4.79 Å². The van der Waals surface area contributed by atoms with Gasteiger partial charge in [0, 0.05) is 11.1 Å². The zero-order valence-electron chi connectivity index (χ0n) is 12.1. The number of hydrogen-bond donors (Lipinski definition) is 0. The molecule has 0 aromatic heterocycles. The Labute approximate surface area is 121 Å². The lowest BCUT2D eigenvalue weighted by Crippen LogP contribution is -2.00. The fourth-order valence-electron chi connectivity index (χ4n) is 2.33. The number of carbonyl (C=O) groups is 1. The number of carbonyl (C=O) groups excluding carboxylic acids is 1. The van der Waals surface area contributed by atoms with Crippen LogP contribution in [0.2, 0.25) is 0 Å². The summed E-state index contributed by atoms with van der Waals surface area (Å²) in [5.74, 6) is 0.100. The van der Waals surface area contributed by atoms with Gasteiger partial charge in [0.2, 0.25) is 0 Å². The molecule has 2 aromatic rings. The molecule has 0 atom stereocenters. The van der Waals surface area contributed by atoms with Crippen LogP contribution in [0.15, 0.2) is 54.6 Å². The number of benzene rings is 2. The number of aryl methyl sites for hydroxylation is 1. The van der Waals surface area contributed by atoms with Crippen molar-refractivity contribution in [2.75, 3.05) is 0 Å². The third-order valence-corrected chi connectivity index (χ3v) is 3.57. The quantitative estimate of drug-likeness (QED) is 0.507. The molecule has 0 radical (unpaired) electrons. The van der Waals surface area contributed by atoms with Crippen LogP contribution >= 0.6 is 0 Å². The maximum atomic E-state index is 12.3. The highest BCUT2D eigenvalue weighted by Crippen LogP contribution is 2.13. The summed E-state index contributed by atoms with van der Waals surface area (Å²) in [6, 6.07) is 17.5. The maximum absolute atomic E-state index is 12.3. The van der Waals surface area contributed by atoms with E-state index in [1.165, 1.54) is 31.2 Å². The summed E-state index contributed by atoms with van der Waals surface area (Å²) >= 11 is 0. The predicted octanol–water partition coefficient (Wildman–Crippen LogP) is 5.04. The number of hydrogen-bond acceptors (Lipinski definition) is 1. The highest BCUT2D eigenvalue weighted by atomic mass is 16.1. The van der Waals surface area contributed by atoms with Crippen molar-refractivity contribution in [2.45, 2.75) is 39.0 Å². The molecule has 0 aliphatic carbocycles. The lowest BCUT2D eigenvalue weighted by molar-refractivity contribution is 0.103. The Morgan fingerprint density at radius 1 is 0.800 bits per heavy atom. The Bertz CT molecular complexity index is 525. The lowest BCUT2D eigenvalue weighted by Gasteiger charge is -2.04. The molecule has 0 saturated heterocycles. The molecule has 0 aliphatic heterocycles. The Morgan fingerprint density at radius 3 is 2.10 bits per heavy atom. The molecular formula is C19H22O. The van der Waals surface area contributed by atoms with Gasteiger partial charge in [0.05, 0.1) is 0 Å². The Kier molecular flexibility index (Phi) is 5.55. The standard InChI is InChI=1S/C19H22O/c1-2-3-4-6-9-16-12-14-18(15-13-16)19(20)17-10-7-5-8-11-17/h5,7-8,10-15H,2-4,6,9H2,1H3. The number of ketones is 1. The van der Waals surface area contributed by atoms with Crippen LogP contribution in [0.4, 0.5) is 0 Å². The molecule has 0 heterocycles. The van der Waals surface area contributed by atoms with Crippen molar-refractivity contribution in [3.8, 4) is 0 Å². The third-order valence-electron chi connectivity index (χ3n) is 3.57. The average Bonchev–Trinajstić information content (AvgIpc) is 2.52. The summed E-state index contributed by atoms with van der Waals surface area (Å²) in [4.78, 5) is 12.3. The van der Waals surface area contributed by atoms with Gasteiger partial charge in [-0.25, -0.2) is 0 Å². The normalized spacial score (nSPS) is 10.4. The van der Waals surface area contributed by atoms with Crippen molar-refractivity contribution < 1.29 is 4.79 Å². The van der Waals surface area contributed by atoms with E-state index in [0.717, 1.165) is 17.5 Å². The first kappa shape index (κ1) is 14.5. The number of unbranched alkanes of at least 4 members (excludes halogenated alkanes) is 3. The van der Waals surface area contributed by atoms with E-state index in [0.29, 0.717) is 0 Å². The summed E-state index contributed by atoms with van der Waals surface area (Å²) < 4.78 is 0. The molecule has 1 heteroatoms. The van der Waals surface area contributed by atoms with Crippen molar-refractivity contribution in [3.05, 3.63) is 71.3 Å². The van der Waals surface area contributed by atoms with Gasteiger partial charge in [-0.1, -0.05) is 80.8 Å². The highest BCUT2D eigenvalue weighted by molar-refractivity contribution is 6.08. The summed E-state index contributed by atoms with van der Waals surface area (Å²) in [6.45, 7) is 2.23. The number of rotatable bonds is 7. The second-order valence-electron chi connectivity index (χ2n) is 5.20. The molecular weight excluding hydrogens is 244 g/mol. The SMILES string of the molecule is CCCCCCc1ccc(C(=O)c2ccccc2)cc1. The topological polar surface area (TPSA) is 17.1 Å². The van der Waals surface area contributed by atoms with E-state index in [1.807, 2.05) is 42.5 Å². The first-order valence-electron chi connectivity index (χ1n) is 7.50. The van der Waals surface area contributed by atoms with E-state index >= 15 is 0 Å². The Balaban J connectivity index is 1.96. The molecule has 0 amide bonds. The van der Waals surface area contributed by atoms with E-state index in [1.54, 1.807) is 0 Å². The molecule has 104 valence electrons. The van der Waals surface area contributed by atoms with Gasteiger partial charge in [-0.05, 0) is 18.4 Å². The van der Waals surface area contributed by atoms with Gasteiger partial charge in [0.1, 0.15) is 0 Å². The van der Waals surface area contributed by atoms with Gasteiger partial charge in [-0.15, -0.1) is 0 Å². The molecule has 0 spiro atoms. The van der Waals surface area contributed by atoms with E-state index in [-0.39, 0.29) is 5.78 Å². The van der Waals surface area contributed by atoms with Gasteiger partial charge in [0.25, 0.3) is 0 Å². The second kappa shape index (κ2) is 7.64. The zero-order valence-corrected chi connectivity index (χ0v) is 12.1. The molecule has 0 fully saturated rings. The van der Waals surface area contributed by atoms with Gasteiger partial charge < -0.3 is 0 Å². The van der Waals surface area contributed by atoms with Crippen molar-refractivity contribution in [1.82, 2.24) is 0 Å². The fraction of sp³-hybridized carbons (Fsp3) is 0.316. The molecule has 0 bridgehead atoms. The smallest absolute Gasteiger partial charge is 0.193 e. The molecule has 0 saturated carbocycles. The Hall–Kier alpha value is -1.89. The van der Waals surface area contributed by atoms with Gasteiger partial charge >= 0.3 is 0 Å².